The molecule has 82 valence electrons. The van der Waals surface area contributed by atoms with Gasteiger partial charge in [0.25, 0.3) is 0 Å². The first-order chi connectivity index (χ1) is 7.24. The van der Waals surface area contributed by atoms with Crippen molar-refractivity contribution in [3.05, 3.63) is 23.8 Å². The van der Waals surface area contributed by atoms with Gasteiger partial charge in [0, 0.05) is 31.5 Å². The Morgan fingerprint density at radius 1 is 1.47 bits per heavy atom. The van der Waals surface area contributed by atoms with Crippen LogP contribution in [0.2, 0.25) is 0 Å². The SMILES string of the molecule is Cc1cnc(CN2CCC[C@@H](N)C2)cn1. The number of aromatic nitrogens is 2. The van der Waals surface area contributed by atoms with Gasteiger partial charge in [-0.3, -0.25) is 14.9 Å². The standard InChI is InChI=1S/C11H18N4/c1-9-5-14-11(6-13-9)8-15-4-2-3-10(12)7-15/h5-6,10H,2-4,7-8,12H2,1H3/t10-/m1/s1. The molecule has 2 heterocycles. The molecule has 0 radical (unpaired) electrons. The molecular weight excluding hydrogens is 188 g/mol. The average molecular weight is 206 g/mol. The summed E-state index contributed by atoms with van der Waals surface area (Å²) in [7, 11) is 0. The van der Waals surface area contributed by atoms with E-state index in [1.165, 1.54) is 6.42 Å². The van der Waals surface area contributed by atoms with Crippen molar-refractivity contribution in [2.45, 2.75) is 32.4 Å². The molecule has 2 N–H and O–H groups in total. The number of rotatable bonds is 2. The number of piperidine rings is 1. The van der Waals surface area contributed by atoms with Crippen molar-refractivity contribution in [1.82, 2.24) is 14.9 Å². The Morgan fingerprint density at radius 3 is 3.00 bits per heavy atom. The van der Waals surface area contributed by atoms with Gasteiger partial charge >= 0.3 is 0 Å². The number of hydrogen-bond acceptors (Lipinski definition) is 4. The van der Waals surface area contributed by atoms with Gasteiger partial charge < -0.3 is 5.73 Å². The molecule has 1 aliphatic heterocycles. The third-order valence-corrected chi connectivity index (χ3v) is 2.76. The van der Waals surface area contributed by atoms with Crippen LogP contribution in [-0.4, -0.2) is 34.0 Å². The summed E-state index contributed by atoms with van der Waals surface area (Å²) in [6, 6.07) is 0.331. The molecule has 1 aromatic rings. The first kappa shape index (κ1) is 10.5. The molecule has 0 aromatic carbocycles. The van der Waals surface area contributed by atoms with Gasteiger partial charge in [-0.05, 0) is 26.3 Å². The molecule has 1 fully saturated rings. The smallest absolute Gasteiger partial charge is 0.0727 e. The number of likely N-dealkylation sites (tertiary alicyclic amines) is 1. The summed E-state index contributed by atoms with van der Waals surface area (Å²) in [5.74, 6) is 0. The largest absolute Gasteiger partial charge is 0.327 e. The lowest BCUT2D eigenvalue weighted by molar-refractivity contribution is 0.199. The summed E-state index contributed by atoms with van der Waals surface area (Å²) in [6.45, 7) is 4.94. The molecule has 0 unspecified atom stereocenters. The maximum absolute atomic E-state index is 5.93. The fourth-order valence-corrected chi connectivity index (χ4v) is 1.96. The van der Waals surface area contributed by atoms with Crippen LogP contribution >= 0.6 is 0 Å². The predicted octanol–water partition coefficient (Wildman–Crippen LogP) is 0.708. The summed E-state index contributed by atoms with van der Waals surface area (Å²) in [4.78, 5) is 11.0. The van der Waals surface area contributed by atoms with Crippen molar-refractivity contribution >= 4 is 0 Å². The van der Waals surface area contributed by atoms with Gasteiger partial charge in [-0.15, -0.1) is 0 Å². The molecule has 0 aliphatic carbocycles. The molecule has 1 aliphatic rings. The van der Waals surface area contributed by atoms with E-state index in [-0.39, 0.29) is 0 Å². The maximum Gasteiger partial charge on any atom is 0.0727 e. The highest BCUT2D eigenvalue weighted by atomic mass is 15.1. The molecule has 0 spiro atoms. The number of nitrogens with zero attached hydrogens (tertiary/aromatic N) is 3. The van der Waals surface area contributed by atoms with Gasteiger partial charge in [-0.2, -0.15) is 0 Å². The van der Waals surface area contributed by atoms with Crippen LogP contribution < -0.4 is 5.73 Å². The topological polar surface area (TPSA) is 55.0 Å². The second kappa shape index (κ2) is 4.68. The molecule has 0 amide bonds. The molecule has 1 atom stereocenters. The van der Waals surface area contributed by atoms with Crippen molar-refractivity contribution < 1.29 is 0 Å². The van der Waals surface area contributed by atoms with Gasteiger partial charge in [0.2, 0.25) is 0 Å². The van der Waals surface area contributed by atoms with E-state index in [0.717, 1.165) is 37.4 Å². The zero-order valence-electron chi connectivity index (χ0n) is 9.19. The van der Waals surface area contributed by atoms with E-state index in [0.29, 0.717) is 6.04 Å². The Kier molecular flexibility index (Phi) is 3.28. The second-order valence-electron chi connectivity index (χ2n) is 4.29. The monoisotopic (exact) mass is 206 g/mol. The lowest BCUT2D eigenvalue weighted by Crippen LogP contribution is -2.42. The van der Waals surface area contributed by atoms with Crippen LogP contribution in [0.5, 0.6) is 0 Å². The molecule has 2 rings (SSSR count). The van der Waals surface area contributed by atoms with E-state index >= 15 is 0 Å². The van der Waals surface area contributed by atoms with E-state index in [2.05, 4.69) is 14.9 Å². The Labute approximate surface area is 90.5 Å². The fraction of sp³-hybridized carbons (Fsp3) is 0.636. The average Bonchev–Trinajstić information content (AvgIpc) is 2.22. The molecule has 4 heteroatoms. The quantitative estimate of drug-likeness (QED) is 0.774. The molecule has 1 saturated heterocycles. The van der Waals surface area contributed by atoms with Gasteiger partial charge in [-0.1, -0.05) is 0 Å². The third kappa shape index (κ3) is 2.97. The van der Waals surface area contributed by atoms with E-state index in [9.17, 15) is 0 Å². The van der Waals surface area contributed by atoms with Crippen LogP contribution in [0.25, 0.3) is 0 Å². The number of aryl methyl sites for hydroxylation is 1. The Morgan fingerprint density at radius 2 is 2.33 bits per heavy atom. The van der Waals surface area contributed by atoms with Gasteiger partial charge in [0.1, 0.15) is 0 Å². The van der Waals surface area contributed by atoms with Crippen molar-refractivity contribution in [3.63, 3.8) is 0 Å². The molecule has 0 saturated carbocycles. The van der Waals surface area contributed by atoms with Gasteiger partial charge in [0.05, 0.1) is 11.4 Å². The van der Waals surface area contributed by atoms with Crippen molar-refractivity contribution in [1.29, 1.82) is 0 Å². The van der Waals surface area contributed by atoms with Crippen LogP contribution in [-0.2, 0) is 6.54 Å². The predicted molar refractivity (Wildman–Crippen MR) is 59.3 cm³/mol. The van der Waals surface area contributed by atoms with Crippen LogP contribution in [0.4, 0.5) is 0 Å². The van der Waals surface area contributed by atoms with Crippen molar-refractivity contribution in [2.75, 3.05) is 13.1 Å². The maximum atomic E-state index is 5.93. The van der Waals surface area contributed by atoms with E-state index < -0.39 is 0 Å². The Bertz CT molecular complexity index is 309. The van der Waals surface area contributed by atoms with Crippen LogP contribution in [0, 0.1) is 6.92 Å². The first-order valence-corrected chi connectivity index (χ1v) is 5.49. The molecule has 0 bridgehead atoms. The molecule has 4 nitrogen and oxygen atoms in total. The highest BCUT2D eigenvalue weighted by molar-refractivity contribution is 5.00. The summed E-state index contributed by atoms with van der Waals surface area (Å²) in [5.41, 5.74) is 7.93. The molecule has 1 aromatic heterocycles. The highest BCUT2D eigenvalue weighted by Crippen LogP contribution is 2.10. The minimum Gasteiger partial charge on any atom is -0.327 e. The lowest BCUT2D eigenvalue weighted by atomic mass is 10.1. The summed E-state index contributed by atoms with van der Waals surface area (Å²) in [6.07, 6.45) is 6.02. The second-order valence-corrected chi connectivity index (χ2v) is 4.29. The van der Waals surface area contributed by atoms with Gasteiger partial charge in [0.15, 0.2) is 0 Å². The van der Waals surface area contributed by atoms with Crippen molar-refractivity contribution in [2.24, 2.45) is 5.73 Å². The number of hydrogen-bond donors (Lipinski definition) is 1. The fourth-order valence-electron chi connectivity index (χ4n) is 1.96. The summed E-state index contributed by atoms with van der Waals surface area (Å²) < 4.78 is 0. The third-order valence-electron chi connectivity index (χ3n) is 2.76. The lowest BCUT2D eigenvalue weighted by Gasteiger charge is -2.30. The number of nitrogens with two attached hydrogens (primary N) is 1. The van der Waals surface area contributed by atoms with Gasteiger partial charge in [-0.25, -0.2) is 0 Å². The van der Waals surface area contributed by atoms with E-state index in [1.807, 2.05) is 19.3 Å². The summed E-state index contributed by atoms with van der Waals surface area (Å²) >= 11 is 0. The minimum atomic E-state index is 0.331. The highest BCUT2D eigenvalue weighted by Gasteiger charge is 2.16. The van der Waals surface area contributed by atoms with Crippen LogP contribution in [0.1, 0.15) is 24.2 Å². The zero-order valence-corrected chi connectivity index (χ0v) is 9.19. The molecular formula is C11H18N4. The molecule has 15 heavy (non-hydrogen) atoms. The van der Waals surface area contributed by atoms with E-state index in [4.69, 9.17) is 5.73 Å². The van der Waals surface area contributed by atoms with Crippen LogP contribution in [0.3, 0.4) is 0 Å². The normalized spacial score (nSPS) is 22.9. The summed E-state index contributed by atoms with van der Waals surface area (Å²) in [5, 5.41) is 0. The first-order valence-electron chi connectivity index (χ1n) is 5.49. The van der Waals surface area contributed by atoms with E-state index in [1.54, 1.807) is 0 Å². The van der Waals surface area contributed by atoms with Crippen molar-refractivity contribution in [3.8, 4) is 0 Å². The zero-order chi connectivity index (χ0) is 10.7. The minimum absolute atomic E-state index is 0.331. The Hall–Kier alpha value is -1.00. The Balaban J connectivity index is 1.93. The van der Waals surface area contributed by atoms with Crippen LogP contribution in [0.15, 0.2) is 12.4 Å².